The number of anilines is 2. The number of carbonyl (C=O) groups excluding carboxylic acids is 3. The molecule has 1 heterocycles. The van der Waals surface area contributed by atoms with Crippen molar-refractivity contribution in [1.29, 1.82) is 0 Å². The lowest BCUT2D eigenvalue weighted by Gasteiger charge is -2.16. The summed E-state index contributed by atoms with van der Waals surface area (Å²) in [5.41, 5.74) is 0.869. The van der Waals surface area contributed by atoms with Gasteiger partial charge in [-0.1, -0.05) is 18.2 Å². The molecular weight excluding hydrogens is 394 g/mol. The summed E-state index contributed by atoms with van der Waals surface area (Å²) in [5.74, 6) is -1.46. The monoisotopic (exact) mass is 413 g/mol. The summed E-state index contributed by atoms with van der Waals surface area (Å²) in [6, 6.07) is 12.4. The Hall–Kier alpha value is -3.95. The minimum absolute atomic E-state index is 0.0334. The van der Waals surface area contributed by atoms with Crippen molar-refractivity contribution in [2.24, 2.45) is 0 Å². The van der Waals surface area contributed by atoms with Crippen LogP contribution in [0.1, 0.15) is 12.8 Å². The van der Waals surface area contributed by atoms with Gasteiger partial charge in [0.25, 0.3) is 5.91 Å². The van der Waals surface area contributed by atoms with Crippen LogP contribution in [0.3, 0.4) is 0 Å². The number of hydrogen-bond donors (Lipinski definition) is 1. The van der Waals surface area contributed by atoms with Crippen molar-refractivity contribution >= 4 is 34.8 Å². The summed E-state index contributed by atoms with van der Waals surface area (Å²) in [6.07, 6.45) is 1.29. The molecule has 10 nitrogen and oxygen atoms in total. The highest BCUT2D eigenvalue weighted by Crippen LogP contribution is 2.26. The van der Waals surface area contributed by atoms with E-state index in [1.165, 1.54) is 24.3 Å². The number of benzene rings is 2. The van der Waals surface area contributed by atoms with Crippen molar-refractivity contribution in [3.05, 3.63) is 58.6 Å². The van der Waals surface area contributed by atoms with E-state index in [1.54, 1.807) is 29.2 Å². The number of nitro groups is 1. The zero-order valence-corrected chi connectivity index (χ0v) is 15.9. The highest BCUT2D eigenvalue weighted by atomic mass is 16.6. The van der Waals surface area contributed by atoms with Gasteiger partial charge in [-0.25, -0.2) is 4.79 Å². The van der Waals surface area contributed by atoms with Gasteiger partial charge in [0.05, 0.1) is 4.92 Å². The fraction of sp³-hybridized carbons (Fsp3) is 0.250. The predicted molar refractivity (Wildman–Crippen MR) is 106 cm³/mol. The summed E-state index contributed by atoms with van der Waals surface area (Å²) >= 11 is 0. The Morgan fingerprint density at radius 3 is 2.67 bits per heavy atom. The number of rotatable bonds is 8. The van der Waals surface area contributed by atoms with Gasteiger partial charge >= 0.3 is 11.7 Å². The molecule has 1 N–H and O–H groups in total. The lowest BCUT2D eigenvalue weighted by atomic mass is 10.2. The minimum Gasteiger partial charge on any atom is -0.475 e. The summed E-state index contributed by atoms with van der Waals surface area (Å²) < 4.78 is 9.94. The first-order valence-electron chi connectivity index (χ1n) is 9.16. The lowest BCUT2D eigenvalue weighted by Crippen LogP contribution is -2.25. The van der Waals surface area contributed by atoms with Crippen molar-refractivity contribution in [2.45, 2.75) is 12.8 Å². The Morgan fingerprint density at radius 1 is 1.13 bits per heavy atom. The second-order valence-electron chi connectivity index (χ2n) is 6.42. The molecule has 0 bridgehead atoms. The fourth-order valence-electron chi connectivity index (χ4n) is 2.92. The Morgan fingerprint density at radius 2 is 1.93 bits per heavy atom. The summed E-state index contributed by atoms with van der Waals surface area (Å²) in [6.45, 7) is -0.496. The second kappa shape index (κ2) is 9.50. The van der Waals surface area contributed by atoms with Crippen molar-refractivity contribution < 1.29 is 28.8 Å². The van der Waals surface area contributed by atoms with Crippen molar-refractivity contribution in [3.8, 4) is 5.75 Å². The van der Waals surface area contributed by atoms with Crippen LogP contribution in [-0.4, -0.2) is 42.5 Å². The maximum atomic E-state index is 12.0. The largest absolute Gasteiger partial charge is 0.475 e. The van der Waals surface area contributed by atoms with Crippen LogP contribution in [-0.2, 0) is 19.1 Å². The second-order valence-corrected chi connectivity index (χ2v) is 6.42. The van der Waals surface area contributed by atoms with Crippen LogP contribution in [0, 0.1) is 10.1 Å². The van der Waals surface area contributed by atoms with Gasteiger partial charge in [0.15, 0.2) is 19.0 Å². The molecule has 2 amide bonds. The van der Waals surface area contributed by atoms with Crippen molar-refractivity contribution in [3.63, 3.8) is 0 Å². The number of ether oxygens (including phenoxy) is 2. The number of para-hydroxylation sites is 2. The molecule has 1 fully saturated rings. The molecule has 156 valence electrons. The van der Waals surface area contributed by atoms with E-state index >= 15 is 0 Å². The average Bonchev–Trinajstić information content (AvgIpc) is 3.17. The summed E-state index contributed by atoms with van der Waals surface area (Å²) in [4.78, 5) is 47.6. The molecule has 2 aromatic rings. The molecule has 1 saturated heterocycles. The van der Waals surface area contributed by atoms with Gasteiger partial charge in [0, 0.05) is 30.4 Å². The SMILES string of the molecule is O=C(COC(=O)COc1ccccc1[N+](=O)[O-])Nc1cccc(N2CCCC2=O)c1. The van der Waals surface area contributed by atoms with Gasteiger partial charge in [0.2, 0.25) is 5.91 Å². The third-order valence-electron chi connectivity index (χ3n) is 4.29. The molecule has 0 atom stereocenters. The number of esters is 1. The van der Waals surface area contributed by atoms with Crippen LogP contribution >= 0.6 is 0 Å². The Bertz CT molecular complexity index is 976. The van der Waals surface area contributed by atoms with Crippen LogP contribution in [0.15, 0.2) is 48.5 Å². The summed E-state index contributed by atoms with van der Waals surface area (Å²) in [7, 11) is 0. The first kappa shape index (κ1) is 20.8. The molecule has 10 heteroatoms. The van der Waals surface area contributed by atoms with Crippen molar-refractivity contribution in [1.82, 2.24) is 0 Å². The maximum absolute atomic E-state index is 12.0. The number of amides is 2. The van der Waals surface area contributed by atoms with Gasteiger partial charge in [-0.05, 0) is 30.7 Å². The van der Waals surface area contributed by atoms with Crippen LogP contribution in [0.4, 0.5) is 17.1 Å². The van der Waals surface area contributed by atoms with Crippen LogP contribution in [0.5, 0.6) is 5.75 Å². The number of nitrogens with zero attached hydrogens (tertiary/aromatic N) is 2. The quantitative estimate of drug-likeness (QED) is 0.399. The molecule has 0 spiro atoms. The van der Waals surface area contributed by atoms with Gasteiger partial charge in [-0.3, -0.25) is 19.7 Å². The normalized spacial score (nSPS) is 13.1. The molecule has 2 aromatic carbocycles. The topological polar surface area (TPSA) is 128 Å². The Labute approximate surface area is 171 Å². The van der Waals surface area contributed by atoms with E-state index in [0.29, 0.717) is 24.3 Å². The molecule has 0 saturated carbocycles. The van der Waals surface area contributed by atoms with E-state index in [1.807, 2.05) is 0 Å². The van der Waals surface area contributed by atoms with Gasteiger partial charge in [-0.15, -0.1) is 0 Å². The minimum atomic E-state index is -0.847. The van der Waals surface area contributed by atoms with E-state index in [9.17, 15) is 24.5 Å². The first-order chi connectivity index (χ1) is 14.4. The molecule has 0 aliphatic carbocycles. The van der Waals surface area contributed by atoms with Gasteiger partial charge in [-0.2, -0.15) is 0 Å². The summed E-state index contributed by atoms with van der Waals surface area (Å²) in [5, 5.41) is 13.5. The number of carbonyl (C=O) groups is 3. The van der Waals surface area contributed by atoms with Gasteiger partial charge < -0.3 is 19.7 Å². The van der Waals surface area contributed by atoms with Crippen molar-refractivity contribution in [2.75, 3.05) is 30.0 Å². The molecule has 1 aliphatic rings. The number of nitrogens with one attached hydrogen (secondary N) is 1. The van der Waals surface area contributed by atoms with E-state index in [0.717, 1.165) is 6.42 Å². The number of hydrogen-bond acceptors (Lipinski definition) is 7. The smallest absolute Gasteiger partial charge is 0.344 e. The Balaban J connectivity index is 1.47. The van der Waals surface area contributed by atoms with E-state index in [2.05, 4.69) is 5.32 Å². The molecule has 3 rings (SSSR count). The molecule has 0 radical (unpaired) electrons. The molecule has 0 unspecified atom stereocenters. The number of nitro benzene ring substituents is 1. The van der Waals surface area contributed by atoms with Crippen LogP contribution < -0.4 is 15.0 Å². The van der Waals surface area contributed by atoms with Gasteiger partial charge in [0.1, 0.15) is 0 Å². The Kier molecular flexibility index (Phi) is 6.58. The van der Waals surface area contributed by atoms with E-state index < -0.39 is 30.0 Å². The maximum Gasteiger partial charge on any atom is 0.344 e. The van der Waals surface area contributed by atoms with E-state index in [-0.39, 0.29) is 17.3 Å². The molecule has 0 aromatic heterocycles. The zero-order chi connectivity index (χ0) is 21.5. The molecule has 1 aliphatic heterocycles. The molecular formula is C20H19N3O7. The molecule has 30 heavy (non-hydrogen) atoms. The van der Waals surface area contributed by atoms with Crippen LogP contribution in [0.25, 0.3) is 0 Å². The zero-order valence-electron chi connectivity index (χ0n) is 15.9. The lowest BCUT2D eigenvalue weighted by molar-refractivity contribution is -0.385. The van der Waals surface area contributed by atoms with Crippen LogP contribution in [0.2, 0.25) is 0 Å². The highest BCUT2D eigenvalue weighted by molar-refractivity contribution is 5.97. The third kappa shape index (κ3) is 5.31. The average molecular weight is 413 g/mol. The predicted octanol–water partition coefficient (Wildman–Crippen LogP) is 2.28. The third-order valence-corrected chi connectivity index (χ3v) is 4.29. The fourth-order valence-corrected chi connectivity index (χ4v) is 2.92. The van der Waals surface area contributed by atoms with E-state index in [4.69, 9.17) is 9.47 Å². The first-order valence-corrected chi connectivity index (χ1v) is 9.16. The highest BCUT2D eigenvalue weighted by Gasteiger charge is 2.22. The standard InChI is InChI=1S/C20H19N3O7/c24-18(21-14-5-3-6-15(11-14)22-10-4-9-19(22)25)12-30-20(26)13-29-17-8-2-1-7-16(17)23(27)28/h1-3,5-8,11H,4,9-10,12-13H2,(H,21,24).